The van der Waals surface area contributed by atoms with E-state index in [2.05, 4.69) is 25.2 Å². The molecule has 4 heterocycles. The molecule has 41 heavy (non-hydrogen) atoms. The largest absolute Gasteiger partial charge is 0.455 e. The van der Waals surface area contributed by atoms with Crippen LogP contribution in [-0.2, 0) is 18.3 Å². The second-order valence-electron chi connectivity index (χ2n) is 9.20. The van der Waals surface area contributed by atoms with Crippen LogP contribution in [-0.4, -0.2) is 53.6 Å². The minimum atomic E-state index is -4.63. The SMILES string of the molecule is O=C(NCCc1ccccn1)c1ccc(CSc2nc(N3CCN(c4ccccc4Cl)CC3)cc(C(F)(F)F)n2)o1. The van der Waals surface area contributed by atoms with Crippen molar-refractivity contribution in [3.63, 3.8) is 0 Å². The van der Waals surface area contributed by atoms with Gasteiger partial charge in [0.1, 0.15) is 11.6 Å². The molecule has 8 nitrogen and oxygen atoms in total. The van der Waals surface area contributed by atoms with E-state index in [0.29, 0.717) is 49.9 Å². The maximum atomic E-state index is 13.7. The zero-order valence-electron chi connectivity index (χ0n) is 21.8. The maximum absolute atomic E-state index is 13.7. The van der Waals surface area contributed by atoms with Crippen LogP contribution in [0.3, 0.4) is 0 Å². The van der Waals surface area contributed by atoms with E-state index in [9.17, 15) is 18.0 Å². The molecule has 1 aromatic carbocycles. The number of carbonyl (C=O) groups excluding carboxylic acids is 1. The number of piperazine rings is 1. The van der Waals surface area contributed by atoms with Crippen molar-refractivity contribution in [1.29, 1.82) is 0 Å². The lowest BCUT2D eigenvalue weighted by Crippen LogP contribution is -2.47. The average molecular weight is 603 g/mol. The second-order valence-corrected chi connectivity index (χ2v) is 10.5. The highest BCUT2D eigenvalue weighted by atomic mass is 35.5. The van der Waals surface area contributed by atoms with Gasteiger partial charge < -0.3 is 19.5 Å². The lowest BCUT2D eigenvalue weighted by atomic mass is 10.2. The number of para-hydroxylation sites is 1. The predicted octanol–water partition coefficient (Wildman–Crippen LogP) is 5.73. The number of nitrogens with zero attached hydrogens (tertiary/aromatic N) is 5. The number of pyridine rings is 1. The fourth-order valence-corrected chi connectivity index (χ4v) is 5.32. The summed E-state index contributed by atoms with van der Waals surface area (Å²) in [6.07, 6.45) is -2.37. The first-order valence-electron chi connectivity index (χ1n) is 12.9. The molecule has 214 valence electrons. The molecular weight excluding hydrogens is 577 g/mol. The zero-order chi connectivity index (χ0) is 28.8. The number of nitrogens with one attached hydrogen (secondary N) is 1. The van der Waals surface area contributed by atoms with Crippen LogP contribution in [0.25, 0.3) is 0 Å². The third-order valence-corrected chi connectivity index (χ3v) is 7.59. The molecule has 0 bridgehead atoms. The number of alkyl halides is 3. The highest BCUT2D eigenvalue weighted by Gasteiger charge is 2.34. The number of halogens is 4. The molecule has 13 heteroatoms. The lowest BCUT2D eigenvalue weighted by Gasteiger charge is -2.37. The fraction of sp³-hybridized carbons (Fsp3) is 0.286. The second kappa shape index (κ2) is 12.8. The molecule has 0 unspecified atom stereocenters. The van der Waals surface area contributed by atoms with E-state index in [1.165, 1.54) is 6.07 Å². The van der Waals surface area contributed by atoms with Gasteiger partial charge in [-0.05, 0) is 36.4 Å². The summed E-state index contributed by atoms with van der Waals surface area (Å²) in [6, 6.07) is 17.2. The summed E-state index contributed by atoms with van der Waals surface area (Å²) in [4.78, 5) is 28.7. The lowest BCUT2D eigenvalue weighted by molar-refractivity contribution is -0.141. The first-order valence-corrected chi connectivity index (χ1v) is 14.2. The van der Waals surface area contributed by atoms with Gasteiger partial charge in [0.25, 0.3) is 5.91 Å². The maximum Gasteiger partial charge on any atom is 0.433 e. The summed E-state index contributed by atoms with van der Waals surface area (Å²) in [5, 5.41) is 3.38. The summed E-state index contributed by atoms with van der Waals surface area (Å²) >= 11 is 7.33. The van der Waals surface area contributed by atoms with Crippen molar-refractivity contribution >= 4 is 40.8 Å². The number of carbonyl (C=O) groups is 1. The number of thioether (sulfide) groups is 1. The molecule has 0 aliphatic carbocycles. The third-order valence-electron chi connectivity index (χ3n) is 6.40. The van der Waals surface area contributed by atoms with Crippen LogP contribution < -0.4 is 15.1 Å². The molecule has 5 rings (SSSR count). The van der Waals surface area contributed by atoms with Gasteiger partial charge in [-0.2, -0.15) is 13.2 Å². The van der Waals surface area contributed by atoms with E-state index < -0.39 is 11.9 Å². The molecule has 1 aliphatic heterocycles. The van der Waals surface area contributed by atoms with E-state index in [-0.39, 0.29) is 28.4 Å². The number of rotatable bonds is 9. The van der Waals surface area contributed by atoms with Gasteiger partial charge in [-0.1, -0.05) is 41.6 Å². The number of hydrogen-bond acceptors (Lipinski definition) is 8. The van der Waals surface area contributed by atoms with E-state index in [1.54, 1.807) is 12.3 Å². The fourth-order valence-electron chi connectivity index (χ4n) is 4.32. The van der Waals surface area contributed by atoms with Crippen LogP contribution in [0.2, 0.25) is 5.02 Å². The van der Waals surface area contributed by atoms with Crippen molar-refractivity contribution < 1.29 is 22.4 Å². The third kappa shape index (κ3) is 7.50. The number of aromatic nitrogens is 3. The van der Waals surface area contributed by atoms with Crippen molar-refractivity contribution in [3.8, 4) is 0 Å². The Hall–Kier alpha value is -3.77. The highest BCUT2D eigenvalue weighted by Crippen LogP contribution is 2.33. The Labute approximate surface area is 243 Å². The molecule has 4 aromatic rings. The number of amides is 1. The molecule has 0 spiro atoms. The van der Waals surface area contributed by atoms with Crippen molar-refractivity contribution in [1.82, 2.24) is 20.3 Å². The van der Waals surface area contributed by atoms with Crippen LogP contribution in [0.15, 0.2) is 76.4 Å². The van der Waals surface area contributed by atoms with Crippen molar-refractivity contribution in [2.24, 2.45) is 0 Å². The molecule has 0 atom stereocenters. The highest BCUT2D eigenvalue weighted by molar-refractivity contribution is 7.98. The molecular formula is C28H26ClF3N6O2S. The predicted molar refractivity (Wildman–Crippen MR) is 151 cm³/mol. The Morgan fingerprint density at radius 3 is 2.49 bits per heavy atom. The van der Waals surface area contributed by atoms with Gasteiger partial charge in [0.05, 0.1) is 16.5 Å². The Balaban J connectivity index is 1.21. The first-order chi connectivity index (χ1) is 19.8. The number of furan rings is 1. The molecule has 1 saturated heterocycles. The van der Waals surface area contributed by atoms with Crippen LogP contribution in [0.1, 0.15) is 27.7 Å². The Kier molecular flexibility index (Phi) is 8.99. The van der Waals surface area contributed by atoms with Crippen LogP contribution in [0, 0.1) is 0 Å². The minimum Gasteiger partial charge on any atom is -0.455 e. The quantitative estimate of drug-likeness (QED) is 0.192. The molecule has 1 N–H and O–H groups in total. The van der Waals surface area contributed by atoms with E-state index >= 15 is 0 Å². The minimum absolute atomic E-state index is 0.0267. The van der Waals surface area contributed by atoms with Crippen molar-refractivity contribution in [2.45, 2.75) is 23.5 Å². The van der Waals surface area contributed by atoms with Gasteiger partial charge in [0.2, 0.25) is 0 Å². The molecule has 0 saturated carbocycles. The number of benzene rings is 1. The monoisotopic (exact) mass is 602 g/mol. The van der Waals surface area contributed by atoms with Crippen LogP contribution >= 0.6 is 23.4 Å². The molecule has 1 aliphatic rings. The van der Waals surface area contributed by atoms with Gasteiger partial charge in [-0.15, -0.1) is 0 Å². The normalized spacial score (nSPS) is 13.9. The summed E-state index contributed by atoms with van der Waals surface area (Å²) in [6.45, 7) is 2.49. The molecule has 1 fully saturated rings. The number of anilines is 2. The van der Waals surface area contributed by atoms with E-state index in [0.717, 1.165) is 29.2 Å². The van der Waals surface area contributed by atoms with Crippen LogP contribution in [0.5, 0.6) is 0 Å². The van der Waals surface area contributed by atoms with Gasteiger partial charge in [-0.3, -0.25) is 9.78 Å². The first kappa shape index (κ1) is 28.7. The Morgan fingerprint density at radius 2 is 1.76 bits per heavy atom. The standard InChI is InChI=1S/C28H26ClF3N6O2S/c29-21-6-1-2-7-22(21)37-13-15-38(16-14-37)25-17-24(28(30,31)32)35-27(36-25)41-18-20-8-9-23(40-20)26(39)34-12-10-19-5-3-4-11-33-19/h1-9,11,17H,10,12-16,18H2,(H,34,39). The van der Waals surface area contributed by atoms with Gasteiger partial charge >= 0.3 is 6.18 Å². The zero-order valence-corrected chi connectivity index (χ0v) is 23.3. The summed E-state index contributed by atoms with van der Waals surface area (Å²) in [5.74, 6) is 0.513. The molecule has 3 aromatic heterocycles. The topological polar surface area (TPSA) is 87.4 Å². The smallest absolute Gasteiger partial charge is 0.433 e. The average Bonchev–Trinajstić information content (AvgIpc) is 3.46. The summed E-state index contributed by atoms with van der Waals surface area (Å²) < 4.78 is 46.7. The Bertz CT molecular complexity index is 1480. The van der Waals surface area contributed by atoms with Gasteiger partial charge in [0.15, 0.2) is 16.6 Å². The van der Waals surface area contributed by atoms with E-state index in [1.807, 2.05) is 47.4 Å². The van der Waals surface area contributed by atoms with Crippen molar-refractivity contribution in [2.75, 3.05) is 42.5 Å². The van der Waals surface area contributed by atoms with E-state index in [4.69, 9.17) is 16.0 Å². The van der Waals surface area contributed by atoms with Crippen LogP contribution in [0.4, 0.5) is 24.7 Å². The van der Waals surface area contributed by atoms with Crippen molar-refractivity contribution in [3.05, 3.63) is 94.8 Å². The number of hydrogen-bond donors (Lipinski definition) is 1. The molecule has 0 radical (unpaired) electrons. The summed E-state index contributed by atoms with van der Waals surface area (Å²) in [7, 11) is 0. The molecule has 1 amide bonds. The summed E-state index contributed by atoms with van der Waals surface area (Å²) in [5.41, 5.74) is 0.738. The Morgan fingerprint density at radius 1 is 1.00 bits per heavy atom. The van der Waals surface area contributed by atoms with Gasteiger partial charge in [0, 0.05) is 57.1 Å². The van der Waals surface area contributed by atoms with Gasteiger partial charge in [-0.25, -0.2) is 9.97 Å².